The Morgan fingerprint density at radius 3 is 3.00 bits per heavy atom. The van der Waals surface area contributed by atoms with Crippen LogP contribution < -0.4 is 4.74 Å². The number of phenols is 1. The van der Waals surface area contributed by atoms with Crippen LogP contribution in [-0.2, 0) is 0 Å². The molecule has 0 aliphatic carbocycles. The van der Waals surface area contributed by atoms with E-state index >= 15 is 0 Å². The van der Waals surface area contributed by atoms with Crippen LogP contribution in [0, 0.1) is 11.3 Å². The molecule has 90 valence electrons. The Balaban J connectivity index is 2.27. The zero-order valence-electron chi connectivity index (χ0n) is 9.62. The van der Waals surface area contributed by atoms with Crippen molar-refractivity contribution in [2.45, 2.75) is 0 Å². The molecule has 2 rings (SSSR count). The highest BCUT2D eigenvalue weighted by Crippen LogP contribution is 2.27. The minimum atomic E-state index is 0.0866. The van der Waals surface area contributed by atoms with Crippen LogP contribution in [-0.4, -0.2) is 18.4 Å². The molecule has 0 saturated heterocycles. The van der Waals surface area contributed by atoms with Crippen molar-refractivity contribution in [1.82, 2.24) is 0 Å². The van der Waals surface area contributed by atoms with Gasteiger partial charge in [0.2, 0.25) is 0 Å². The summed E-state index contributed by atoms with van der Waals surface area (Å²) in [5, 5.41) is 20.8. The molecular weight excluding hydrogens is 248 g/mol. The summed E-state index contributed by atoms with van der Waals surface area (Å²) in [7, 11) is 1.49. The molecule has 2 aromatic rings. The van der Waals surface area contributed by atoms with Crippen molar-refractivity contribution in [2.75, 3.05) is 7.11 Å². The summed E-state index contributed by atoms with van der Waals surface area (Å²) in [4.78, 5) is 4.25. The fourth-order valence-corrected chi connectivity index (χ4v) is 2.08. The highest BCUT2D eigenvalue weighted by molar-refractivity contribution is 7.14. The van der Waals surface area contributed by atoms with Crippen molar-refractivity contribution in [3.8, 4) is 17.6 Å². The lowest BCUT2D eigenvalue weighted by molar-refractivity contribution is 0.373. The summed E-state index contributed by atoms with van der Waals surface area (Å²) in [5.41, 5.74) is 1.35. The van der Waals surface area contributed by atoms with E-state index in [9.17, 15) is 5.11 Å². The van der Waals surface area contributed by atoms with E-state index < -0.39 is 0 Å². The zero-order chi connectivity index (χ0) is 13.0. The van der Waals surface area contributed by atoms with Crippen molar-refractivity contribution < 1.29 is 9.84 Å². The molecule has 0 saturated carbocycles. The van der Waals surface area contributed by atoms with Crippen LogP contribution in [0.2, 0.25) is 0 Å². The molecule has 1 heterocycles. The molecule has 0 aliphatic rings. The third-order valence-electron chi connectivity index (χ3n) is 2.30. The van der Waals surface area contributed by atoms with Gasteiger partial charge in [0.05, 0.1) is 12.7 Å². The summed E-state index contributed by atoms with van der Waals surface area (Å²) < 4.78 is 5.01. The van der Waals surface area contributed by atoms with E-state index in [4.69, 9.17) is 10.00 Å². The van der Waals surface area contributed by atoms with Gasteiger partial charge in [-0.25, -0.2) is 4.99 Å². The van der Waals surface area contributed by atoms with Gasteiger partial charge in [-0.3, -0.25) is 0 Å². The molecule has 1 N–H and O–H groups in total. The Kier molecular flexibility index (Phi) is 3.60. The first kappa shape index (κ1) is 12.1. The molecule has 0 radical (unpaired) electrons. The Morgan fingerprint density at radius 2 is 2.28 bits per heavy atom. The highest BCUT2D eigenvalue weighted by Gasteiger charge is 2.02. The molecule has 5 heteroatoms. The van der Waals surface area contributed by atoms with Crippen LogP contribution in [0.3, 0.4) is 0 Å². The average Bonchev–Trinajstić information content (AvgIpc) is 2.85. The maximum Gasteiger partial charge on any atom is 0.161 e. The summed E-state index contributed by atoms with van der Waals surface area (Å²) in [6.07, 6.45) is 1.63. The molecule has 0 unspecified atom stereocenters. The van der Waals surface area contributed by atoms with E-state index in [-0.39, 0.29) is 5.75 Å². The number of aliphatic imine (C=N–C) groups is 1. The van der Waals surface area contributed by atoms with Crippen LogP contribution in [0.5, 0.6) is 11.5 Å². The summed E-state index contributed by atoms with van der Waals surface area (Å²) in [6.45, 7) is 0. The molecule has 0 atom stereocenters. The number of phenolic OH excluding ortho intramolecular Hbond substituents is 1. The maximum atomic E-state index is 9.46. The van der Waals surface area contributed by atoms with Gasteiger partial charge in [0.25, 0.3) is 0 Å². The quantitative estimate of drug-likeness (QED) is 0.860. The topological polar surface area (TPSA) is 65.6 Å². The molecule has 1 aromatic carbocycles. The number of aromatic hydroxyl groups is 1. The Morgan fingerprint density at radius 1 is 1.44 bits per heavy atom. The predicted molar refractivity (Wildman–Crippen MR) is 70.9 cm³/mol. The molecule has 0 amide bonds. The van der Waals surface area contributed by atoms with Gasteiger partial charge >= 0.3 is 0 Å². The standard InChI is InChI=1S/C13H10N2O2S/c1-17-12-6-9(2-3-11(12)16)8-15-13-10(7-14)4-5-18-13/h2-6,8,16H,1H3/b15-8+. The fourth-order valence-electron chi connectivity index (χ4n) is 1.39. The third-order valence-corrected chi connectivity index (χ3v) is 3.12. The summed E-state index contributed by atoms with van der Waals surface area (Å²) >= 11 is 1.41. The lowest BCUT2D eigenvalue weighted by atomic mass is 10.2. The first-order valence-corrected chi connectivity index (χ1v) is 6.01. The fraction of sp³-hybridized carbons (Fsp3) is 0.0769. The van der Waals surface area contributed by atoms with E-state index in [2.05, 4.69) is 11.1 Å². The highest BCUT2D eigenvalue weighted by atomic mass is 32.1. The van der Waals surface area contributed by atoms with E-state index in [0.717, 1.165) is 5.56 Å². The van der Waals surface area contributed by atoms with Gasteiger partial charge in [-0.2, -0.15) is 5.26 Å². The second-order valence-corrected chi connectivity index (χ2v) is 4.34. The number of benzene rings is 1. The van der Waals surface area contributed by atoms with Gasteiger partial charge in [0.15, 0.2) is 11.5 Å². The van der Waals surface area contributed by atoms with E-state index in [1.54, 1.807) is 30.5 Å². The van der Waals surface area contributed by atoms with Crippen LogP contribution in [0.1, 0.15) is 11.1 Å². The van der Waals surface area contributed by atoms with Crippen LogP contribution in [0.15, 0.2) is 34.6 Å². The SMILES string of the molecule is COc1cc(/C=N/c2sccc2C#N)ccc1O. The minimum absolute atomic E-state index is 0.0866. The molecular formula is C13H10N2O2S. The van der Waals surface area contributed by atoms with Gasteiger partial charge in [-0.05, 0) is 35.2 Å². The van der Waals surface area contributed by atoms with Gasteiger partial charge in [0.1, 0.15) is 11.1 Å². The number of ether oxygens (including phenoxy) is 1. The van der Waals surface area contributed by atoms with Crippen molar-refractivity contribution in [3.63, 3.8) is 0 Å². The molecule has 4 nitrogen and oxygen atoms in total. The number of methoxy groups -OCH3 is 1. The predicted octanol–water partition coefficient (Wildman–Crippen LogP) is 3.08. The number of nitrogens with zero attached hydrogens (tertiary/aromatic N) is 2. The maximum absolute atomic E-state index is 9.46. The summed E-state index contributed by atoms with van der Waals surface area (Å²) in [5.74, 6) is 0.481. The van der Waals surface area contributed by atoms with Gasteiger partial charge in [0, 0.05) is 6.21 Å². The van der Waals surface area contributed by atoms with E-state index in [0.29, 0.717) is 16.3 Å². The zero-order valence-corrected chi connectivity index (χ0v) is 10.4. The van der Waals surface area contributed by atoms with Gasteiger partial charge in [-0.15, -0.1) is 11.3 Å². The largest absolute Gasteiger partial charge is 0.504 e. The van der Waals surface area contributed by atoms with E-state index in [1.807, 2.05) is 5.38 Å². The first-order valence-electron chi connectivity index (χ1n) is 5.13. The lowest BCUT2D eigenvalue weighted by Crippen LogP contribution is -1.86. The smallest absolute Gasteiger partial charge is 0.161 e. The van der Waals surface area contributed by atoms with Crippen molar-refractivity contribution in [3.05, 3.63) is 40.8 Å². The molecule has 18 heavy (non-hydrogen) atoms. The van der Waals surface area contributed by atoms with Crippen LogP contribution >= 0.6 is 11.3 Å². The molecule has 0 fully saturated rings. The average molecular weight is 258 g/mol. The van der Waals surface area contributed by atoms with Gasteiger partial charge in [-0.1, -0.05) is 0 Å². The second-order valence-electron chi connectivity index (χ2n) is 3.44. The number of thiophene rings is 1. The van der Waals surface area contributed by atoms with Gasteiger partial charge < -0.3 is 9.84 Å². The number of nitriles is 1. The number of hydrogen-bond acceptors (Lipinski definition) is 5. The van der Waals surface area contributed by atoms with Crippen LogP contribution in [0.25, 0.3) is 0 Å². The van der Waals surface area contributed by atoms with Crippen molar-refractivity contribution in [2.24, 2.45) is 4.99 Å². The Bertz CT molecular complexity index is 626. The van der Waals surface area contributed by atoms with E-state index in [1.165, 1.54) is 18.4 Å². The third kappa shape index (κ3) is 2.50. The summed E-state index contributed by atoms with van der Waals surface area (Å²) in [6, 6.07) is 8.75. The first-order chi connectivity index (χ1) is 8.74. The lowest BCUT2D eigenvalue weighted by Gasteiger charge is -2.03. The molecule has 0 spiro atoms. The molecule has 1 aromatic heterocycles. The number of rotatable bonds is 3. The van der Waals surface area contributed by atoms with Crippen LogP contribution in [0.4, 0.5) is 5.00 Å². The van der Waals surface area contributed by atoms with Crippen molar-refractivity contribution in [1.29, 1.82) is 5.26 Å². The van der Waals surface area contributed by atoms with Crippen molar-refractivity contribution >= 4 is 22.6 Å². The molecule has 0 bridgehead atoms. The molecule has 0 aliphatic heterocycles. The normalized spacial score (nSPS) is 10.4. The Hall–Kier alpha value is -2.32. The monoisotopic (exact) mass is 258 g/mol. The number of hydrogen-bond donors (Lipinski definition) is 1. The second kappa shape index (κ2) is 5.34. The Labute approximate surface area is 108 Å². The minimum Gasteiger partial charge on any atom is -0.504 e.